The Hall–Kier alpha value is -0.860. The van der Waals surface area contributed by atoms with Gasteiger partial charge in [-0.2, -0.15) is 0 Å². The smallest absolute Gasteiger partial charge is 0.0323 e. The van der Waals surface area contributed by atoms with Crippen LogP contribution in [0.1, 0.15) is 43.0 Å². The third-order valence-electron chi connectivity index (χ3n) is 4.38. The molecule has 0 saturated carbocycles. The molecule has 18 heavy (non-hydrogen) atoms. The fourth-order valence-electron chi connectivity index (χ4n) is 2.99. The van der Waals surface area contributed by atoms with Crippen LogP contribution in [0.3, 0.4) is 0 Å². The summed E-state index contributed by atoms with van der Waals surface area (Å²) in [6, 6.07) is 8.11. The van der Waals surface area contributed by atoms with Crippen molar-refractivity contribution in [2.45, 2.75) is 46.2 Å². The van der Waals surface area contributed by atoms with Gasteiger partial charge in [0.05, 0.1) is 0 Å². The average Bonchev–Trinajstić information content (AvgIpc) is 2.87. The van der Waals surface area contributed by atoms with Crippen LogP contribution in [0.5, 0.6) is 0 Å². The third kappa shape index (κ3) is 2.76. The number of likely N-dealkylation sites (N-methyl/N-ethyl adjacent to an activating group) is 1. The first kappa shape index (κ1) is 13.6. The molecule has 2 atom stereocenters. The van der Waals surface area contributed by atoms with Gasteiger partial charge in [0.2, 0.25) is 0 Å². The van der Waals surface area contributed by atoms with Crippen LogP contribution in [-0.4, -0.2) is 30.6 Å². The average molecular weight is 246 g/mol. The van der Waals surface area contributed by atoms with Crippen LogP contribution in [0, 0.1) is 13.8 Å². The van der Waals surface area contributed by atoms with Gasteiger partial charge in [-0.05, 0) is 57.0 Å². The zero-order chi connectivity index (χ0) is 13.1. The second kappa shape index (κ2) is 5.85. The molecule has 0 aliphatic carbocycles. The molecule has 1 heterocycles. The van der Waals surface area contributed by atoms with Crippen LogP contribution in [0.25, 0.3) is 0 Å². The zero-order valence-electron chi connectivity index (χ0n) is 12.2. The second-order valence-electron chi connectivity index (χ2n) is 5.50. The quantitative estimate of drug-likeness (QED) is 0.878. The van der Waals surface area contributed by atoms with Crippen LogP contribution in [0.4, 0.5) is 0 Å². The predicted molar refractivity (Wildman–Crippen MR) is 78.0 cm³/mol. The minimum Gasteiger partial charge on any atom is -0.315 e. The van der Waals surface area contributed by atoms with Gasteiger partial charge in [0, 0.05) is 18.6 Å². The van der Waals surface area contributed by atoms with E-state index < -0.39 is 0 Å². The Bertz CT molecular complexity index is 394. The largest absolute Gasteiger partial charge is 0.315 e. The summed E-state index contributed by atoms with van der Waals surface area (Å²) in [5.41, 5.74) is 4.24. The molecule has 2 nitrogen and oxygen atoms in total. The number of rotatable bonds is 4. The molecule has 0 spiro atoms. The van der Waals surface area contributed by atoms with Crippen molar-refractivity contribution in [2.24, 2.45) is 0 Å². The Morgan fingerprint density at radius 2 is 2.11 bits per heavy atom. The van der Waals surface area contributed by atoms with E-state index in [1.807, 2.05) is 0 Å². The van der Waals surface area contributed by atoms with Crippen molar-refractivity contribution in [3.8, 4) is 0 Å². The Morgan fingerprint density at radius 3 is 2.67 bits per heavy atom. The lowest BCUT2D eigenvalue weighted by molar-refractivity contribution is 0.162. The van der Waals surface area contributed by atoms with E-state index in [9.17, 15) is 0 Å². The van der Waals surface area contributed by atoms with E-state index in [0.717, 1.165) is 13.1 Å². The molecular formula is C16H26N2. The molecule has 1 saturated heterocycles. The molecule has 1 aliphatic rings. The van der Waals surface area contributed by atoms with E-state index in [-0.39, 0.29) is 0 Å². The number of hydrogen-bond donors (Lipinski definition) is 1. The number of hydrogen-bond acceptors (Lipinski definition) is 2. The minimum atomic E-state index is 0.513. The summed E-state index contributed by atoms with van der Waals surface area (Å²) in [4.78, 5) is 2.63. The van der Waals surface area contributed by atoms with Crippen molar-refractivity contribution in [1.82, 2.24) is 10.2 Å². The van der Waals surface area contributed by atoms with Crippen molar-refractivity contribution < 1.29 is 0 Å². The summed E-state index contributed by atoms with van der Waals surface area (Å²) in [5, 5.41) is 3.47. The Labute approximate surface area is 111 Å². The van der Waals surface area contributed by atoms with Gasteiger partial charge in [0.25, 0.3) is 0 Å². The first-order valence-electron chi connectivity index (χ1n) is 7.17. The summed E-state index contributed by atoms with van der Waals surface area (Å²) in [6.07, 6.45) is 1.28. The lowest BCUT2D eigenvalue weighted by Crippen LogP contribution is -2.38. The van der Waals surface area contributed by atoms with Crippen molar-refractivity contribution in [1.29, 1.82) is 0 Å². The monoisotopic (exact) mass is 246 g/mol. The van der Waals surface area contributed by atoms with Gasteiger partial charge >= 0.3 is 0 Å². The van der Waals surface area contributed by atoms with Gasteiger partial charge in [0.15, 0.2) is 0 Å². The highest BCUT2D eigenvalue weighted by molar-refractivity contribution is 5.31. The highest BCUT2D eigenvalue weighted by Gasteiger charge is 2.25. The van der Waals surface area contributed by atoms with E-state index in [2.05, 4.69) is 56.1 Å². The van der Waals surface area contributed by atoms with Crippen LogP contribution in [-0.2, 0) is 0 Å². The Morgan fingerprint density at radius 1 is 1.33 bits per heavy atom. The zero-order valence-corrected chi connectivity index (χ0v) is 12.2. The molecule has 0 amide bonds. The molecule has 100 valence electrons. The third-order valence-corrected chi connectivity index (χ3v) is 4.38. The Balaban J connectivity index is 2.16. The molecule has 1 fully saturated rings. The van der Waals surface area contributed by atoms with E-state index in [4.69, 9.17) is 0 Å². The number of benzene rings is 1. The normalized spacial score (nSPS) is 21.5. The summed E-state index contributed by atoms with van der Waals surface area (Å²) in [6.45, 7) is 12.4. The maximum atomic E-state index is 3.47. The summed E-state index contributed by atoms with van der Waals surface area (Å²) in [5.74, 6) is 0. The Kier molecular flexibility index (Phi) is 4.41. The summed E-state index contributed by atoms with van der Waals surface area (Å²) in [7, 11) is 0. The van der Waals surface area contributed by atoms with Crippen molar-refractivity contribution >= 4 is 0 Å². The fraction of sp³-hybridized carbons (Fsp3) is 0.625. The van der Waals surface area contributed by atoms with E-state index in [0.29, 0.717) is 12.1 Å². The first-order valence-corrected chi connectivity index (χ1v) is 7.17. The SMILES string of the molecule is CCN(C1CCNC1)C(C)c1ccc(C)c(C)c1. The van der Waals surface area contributed by atoms with E-state index in [1.54, 1.807) is 0 Å². The molecule has 1 aromatic carbocycles. The van der Waals surface area contributed by atoms with Crippen LogP contribution in [0.2, 0.25) is 0 Å². The molecule has 0 aromatic heterocycles. The second-order valence-corrected chi connectivity index (χ2v) is 5.50. The maximum absolute atomic E-state index is 3.47. The lowest BCUT2D eigenvalue weighted by Gasteiger charge is -2.33. The fourth-order valence-corrected chi connectivity index (χ4v) is 2.99. The molecule has 2 unspecified atom stereocenters. The number of nitrogens with one attached hydrogen (secondary N) is 1. The van der Waals surface area contributed by atoms with Gasteiger partial charge in [0.1, 0.15) is 0 Å². The van der Waals surface area contributed by atoms with E-state index >= 15 is 0 Å². The molecule has 2 rings (SSSR count). The highest BCUT2D eigenvalue weighted by Crippen LogP contribution is 2.25. The maximum Gasteiger partial charge on any atom is 0.0323 e. The lowest BCUT2D eigenvalue weighted by atomic mass is 9.99. The molecule has 0 bridgehead atoms. The standard InChI is InChI=1S/C16H26N2/c1-5-18(16-8-9-17-11-16)14(4)15-7-6-12(2)13(3)10-15/h6-7,10,14,16-17H,5,8-9,11H2,1-4H3. The van der Waals surface area contributed by atoms with Gasteiger partial charge in [-0.25, -0.2) is 0 Å². The van der Waals surface area contributed by atoms with Crippen LogP contribution in [0.15, 0.2) is 18.2 Å². The van der Waals surface area contributed by atoms with Crippen molar-refractivity contribution in [2.75, 3.05) is 19.6 Å². The predicted octanol–water partition coefficient (Wildman–Crippen LogP) is 3.05. The number of aryl methyl sites for hydroxylation is 2. The highest BCUT2D eigenvalue weighted by atomic mass is 15.2. The summed E-state index contributed by atoms with van der Waals surface area (Å²) >= 11 is 0. The van der Waals surface area contributed by atoms with Crippen LogP contribution < -0.4 is 5.32 Å². The van der Waals surface area contributed by atoms with Gasteiger partial charge in [-0.3, -0.25) is 4.90 Å². The van der Waals surface area contributed by atoms with Crippen molar-refractivity contribution in [3.63, 3.8) is 0 Å². The summed E-state index contributed by atoms with van der Waals surface area (Å²) < 4.78 is 0. The molecule has 1 aromatic rings. The molecule has 0 radical (unpaired) electrons. The minimum absolute atomic E-state index is 0.513. The van der Waals surface area contributed by atoms with Gasteiger partial charge in [-0.1, -0.05) is 25.1 Å². The van der Waals surface area contributed by atoms with Crippen molar-refractivity contribution in [3.05, 3.63) is 34.9 Å². The van der Waals surface area contributed by atoms with Crippen LogP contribution >= 0.6 is 0 Å². The molecule has 2 heteroatoms. The molecule has 1 aliphatic heterocycles. The van der Waals surface area contributed by atoms with E-state index in [1.165, 1.54) is 29.7 Å². The van der Waals surface area contributed by atoms with Gasteiger partial charge < -0.3 is 5.32 Å². The molecule has 1 N–H and O–H groups in total. The topological polar surface area (TPSA) is 15.3 Å². The first-order chi connectivity index (χ1) is 8.63. The molecular weight excluding hydrogens is 220 g/mol. The number of nitrogens with zero attached hydrogens (tertiary/aromatic N) is 1. The van der Waals surface area contributed by atoms with Gasteiger partial charge in [-0.15, -0.1) is 0 Å².